The van der Waals surface area contributed by atoms with Crippen LogP contribution in [0.3, 0.4) is 0 Å². The molecule has 0 saturated carbocycles. The molecule has 0 bridgehead atoms. The second-order valence-electron chi connectivity index (χ2n) is 7.33. The molecule has 1 atom stereocenters. The fourth-order valence-corrected chi connectivity index (χ4v) is 3.42. The van der Waals surface area contributed by atoms with Gasteiger partial charge < -0.3 is 20.9 Å². The maximum absolute atomic E-state index is 12.6. The molecular formula is C18H25N7O3. The van der Waals surface area contributed by atoms with Crippen molar-refractivity contribution in [1.29, 1.82) is 0 Å². The lowest BCUT2D eigenvalue weighted by molar-refractivity contribution is -0.148. The van der Waals surface area contributed by atoms with Crippen molar-refractivity contribution in [2.24, 2.45) is 13.0 Å². The first-order valence-electron chi connectivity index (χ1n) is 9.17. The van der Waals surface area contributed by atoms with Crippen molar-refractivity contribution < 1.29 is 14.4 Å². The van der Waals surface area contributed by atoms with Gasteiger partial charge in [0.15, 0.2) is 0 Å². The van der Waals surface area contributed by atoms with Crippen molar-refractivity contribution in [3.63, 3.8) is 0 Å². The number of piperazine rings is 1. The van der Waals surface area contributed by atoms with Crippen molar-refractivity contribution in [1.82, 2.24) is 24.6 Å². The molecule has 3 rings (SSSR count). The lowest BCUT2D eigenvalue weighted by Crippen LogP contribution is -2.57. The zero-order valence-corrected chi connectivity index (χ0v) is 16.5. The van der Waals surface area contributed by atoms with Crippen LogP contribution >= 0.6 is 0 Å². The molecule has 0 radical (unpaired) electrons. The van der Waals surface area contributed by atoms with Crippen LogP contribution in [0, 0.1) is 5.92 Å². The van der Waals surface area contributed by atoms with Crippen molar-refractivity contribution in [3.8, 4) is 0 Å². The Morgan fingerprint density at radius 3 is 2.61 bits per heavy atom. The number of amides is 3. The van der Waals surface area contributed by atoms with Gasteiger partial charge in [-0.15, -0.1) is 0 Å². The van der Waals surface area contributed by atoms with Gasteiger partial charge in [-0.05, 0) is 6.92 Å². The molecule has 0 aliphatic carbocycles. The molecule has 1 aliphatic heterocycles. The number of aromatic nitrogens is 3. The van der Waals surface area contributed by atoms with Crippen LogP contribution in [-0.2, 0) is 21.4 Å². The molecule has 1 saturated heterocycles. The Hall–Kier alpha value is -3.17. The van der Waals surface area contributed by atoms with E-state index in [1.54, 1.807) is 22.8 Å². The second-order valence-corrected chi connectivity index (χ2v) is 7.33. The van der Waals surface area contributed by atoms with E-state index >= 15 is 0 Å². The SMILES string of the molecule is CC(C)C(=O)N1CCN(C(=O)C(=O)Nc2cnc(N)c3c2cnn3C)CC1C. The van der Waals surface area contributed by atoms with Crippen LogP contribution in [0.25, 0.3) is 10.9 Å². The number of nitrogens with two attached hydrogens (primary N) is 1. The summed E-state index contributed by atoms with van der Waals surface area (Å²) in [6, 6.07) is -0.149. The highest BCUT2D eigenvalue weighted by atomic mass is 16.2. The van der Waals surface area contributed by atoms with Gasteiger partial charge in [-0.1, -0.05) is 13.8 Å². The summed E-state index contributed by atoms with van der Waals surface area (Å²) in [5.41, 5.74) is 6.82. The third-order valence-electron chi connectivity index (χ3n) is 4.94. The number of hydrogen-bond donors (Lipinski definition) is 2. The molecule has 150 valence electrons. The fraction of sp³-hybridized carbons (Fsp3) is 0.500. The first kappa shape index (κ1) is 19.6. The number of nitrogens with zero attached hydrogens (tertiary/aromatic N) is 5. The number of carbonyl (C=O) groups is 3. The third kappa shape index (κ3) is 3.49. The first-order chi connectivity index (χ1) is 13.2. The summed E-state index contributed by atoms with van der Waals surface area (Å²) in [6.45, 7) is 6.61. The van der Waals surface area contributed by atoms with Crippen LogP contribution in [0.2, 0.25) is 0 Å². The van der Waals surface area contributed by atoms with Crippen molar-refractivity contribution in [2.75, 3.05) is 30.7 Å². The molecule has 10 nitrogen and oxygen atoms in total. The molecule has 1 fully saturated rings. The highest BCUT2D eigenvalue weighted by Crippen LogP contribution is 2.25. The van der Waals surface area contributed by atoms with E-state index in [1.165, 1.54) is 11.1 Å². The van der Waals surface area contributed by atoms with Gasteiger partial charge in [-0.3, -0.25) is 19.1 Å². The molecule has 2 aromatic rings. The van der Waals surface area contributed by atoms with Crippen molar-refractivity contribution >= 4 is 40.1 Å². The Kier molecular flexibility index (Phi) is 5.21. The average Bonchev–Trinajstić information content (AvgIpc) is 3.05. The summed E-state index contributed by atoms with van der Waals surface area (Å²) in [4.78, 5) is 44.6. The molecule has 28 heavy (non-hydrogen) atoms. The number of anilines is 2. The summed E-state index contributed by atoms with van der Waals surface area (Å²) in [5, 5.41) is 7.34. The minimum absolute atomic E-state index is 0.0518. The van der Waals surface area contributed by atoms with Gasteiger partial charge in [-0.2, -0.15) is 5.10 Å². The van der Waals surface area contributed by atoms with Gasteiger partial charge in [-0.25, -0.2) is 4.98 Å². The highest BCUT2D eigenvalue weighted by Gasteiger charge is 2.33. The summed E-state index contributed by atoms with van der Waals surface area (Å²) < 4.78 is 1.56. The van der Waals surface area contributed by atoms with E-state index in [2.05, 4.69) is 15.4 Å². The molecule has 3 heterocycles. The number of nitrogen functional groups attached to an aromatic ring is 1. The van der Waals surface area contributed by atoms with Gasteiger partial charge >= 0.3 is 11.8 Å². The Morgan fingerprint density at radius 2 is 1.96 bits per heavy atom. The lowest BCUT2D eigenvalue weighted by Gasteiger charge is -2.40. The monoisotopic (exact) mass is 387 g/mol. The number of nitrogens with one attached hydrogen (secondary N) is 1. The predicted octanol–water partition coefficient (Wildman–Crippen LogP) is 0.204. The minimum Gasteiger partial charge on any atom is -0.382 e. The lowest BCUT2D eigenvalue weighted by atomic mass is 10.1. The Morgan fingerprint density at radius 1 is 1.25 bits per heavy atom. The molecule has 0 aromatic carbocycles. The van der Waals surface area contributed by atoms with Gasteiger partial charge in [0.1, 0.15) is 11.3 Å². The summed E-state index contributed by atoms with van der Waals surface area (Å²) in [6.07, 6.45) is 2.97. The van der Waals surface area contributed by atoms with Crippen LogP contribution in [-0.4, -0.2) is 68.0 Å². The van der Waals surface area contributed by atoms with Crippen LogP contribution < -0.4 is 11.1 Å². The smallest absolute Gasteiger partial charge is 0.313 e. The minimum atomic E-state index is -0.757. The number of hydrogen-bond acceptors (Lipinski definition) is 6. The molecule has 1 unspecified atom stereocenters. The van der Waals surface area contributed by atoms with E-state index in [0.29, 0.717) is 42.0 Å². The zero-order chi connectivity index (χ0) is 20.6. The number of aryl methyl sites for hydroxylation is 1. The molecular weight excluding hydrogens is 362 g/mol. The number of fused-ring (bicyclic) bond motifs is 1. The van der Waals surface area contributed by atoms with E-state index in [9.17, 15) is 14.4 Å². The standard InChI is InChI=1S/C18H25N7O3/c1-10(2)17(27)25-6-5-24(9-11(25)3)18(28)16(26)22-13-8-20-15(19)14-12(13)7-21-23(14)4/h7-8,10-11H,5-6,9H2,1-4H3,(H2,19,20)(H,22,26). The quantitative estimate of drug-likeness (QED) is 0.709. The Bertz CT molecular complexity index is 937. The molecule has 2 aromatic heterocycles. The van der Waals surface area contributed by atoms with E-state index in [0.717, 1.165) is 0 Å². The number of pyridine rings is 1. The topological polar surface area (TPSA) is 126 Å². The maximum Gasteiger partial charge on any atom is 0.313 e. The number of rotatable bonds is 2. The Labute approximate surface area is 162 Å². The van der Waals surface area contributed by atoms with Gasteiger partial charge in [0.2, 0.25) is 5.91 Å². The van der Waals surface area contributed by atoms with Crippen LogP contribution in [0.5, 0.6) is 0 Å². The van der Waals surface area contributed by atoms with Crippen LogP contribution in [0.1, 0.15) is 20.8 Å². The van der Waals surface area contributed by atoms with Gasteiger partial charge in [0.25, 0.3) is 0 Å². The Balaban J connectivity index is 1.70. The second kappa shape index (κ2) is 7.45. The zero-order valence-electron chi connectivity index (χ0n) is 16.5. The van der Waals surface area contributed by atoms with Crippen LogP contribution in [0.4, 0.5) is 11.5 Å². The predicted molar refractivity (Wildman–Crippen MR) is 104 cm³/mol. The summed E-state index contributed by atoms with van der Waals surface area (Å²) in [7, 11) is 1.72. The summed E-state index contributed by atoms with van der Waals surface area (Å²) >= 11 is 0. The number of carbonyl (C=O) groups excluding carboxylic acids is 3. The van der Waals surface area contributed by atoms with E-state index in [1.807, 2.05) is 20.8 Å². The third-order valence-corrected chi connectivity index (χ3v) is 4.94. The molecule has 3 amide bonds. The van der Waals surface area contributed by atoms with Crippen LogP contribution in [0.15, 0.2) is 12.4 Å². The molecule has 10 heteroatoms. The van der Waals surface area contributed by atoms with Crippen molar-refractivity contribution in [2.45, 2.75) is 26.8 Å². The van der Waals surface area contributed by atoms with Crippen molar-refractivity contribution in [3.05, 3.63) is 12.4 Å². The molecule has 0 spiro atoms. The highest BCUT2D eigenvalue weighted by molar-refractivity contribution is 6.40. The fourth-order valence-electron chi connectivity index (χ4n) is 3.42. The normalized spacial score (nSPS) is 17.2. The van der Waals surface area contributed by atoms with E-state index in [4.69, 9.17) is 5.73 Å². The van der Waals surface area contributed by atoms with Gasteiger partial charge in [0.05, 0.1) is 18.1 Å². The largest absolute Gasteiger partial charge is 0.382 e. The van der Waals surface area contributed by atoms with Gasteiger partial charge in [0, 0.05) is 44.0 Å². The van der Waals surface area contributed by atoms with E-state index < -0.39 is 11.8 Å². The average molecular weight is 387 g/mol. The maximum atomic E-state index is 12.6. The summed E-state index contributed by atoms with van der Waals surface area (Å²) in [5.74, 6) is -1.16. The molecule has 1 aliphatic rings. The first-order valence-corrected chi connectivity index (χ1v) is 9.17. The molecule has 3 N–H and O–H groups in total. The van der Waals surface area contributed by atoms with E-state index in [-0.39, 0.29) is 17.9 Å².